The third-order valence-corrected chi connectivity index (χ3v) is 4.86. The molecule has 21 heavy (non-hydrogen) atoms. The Bertz CT molecular complexity index is 363. The lowest BCUT2D eigenvalue weighted by molar-refractivity contribution is -0.143. The number of nitrogens with one attached hydrogen (secondary N) is 1. The summed E-state index contributed by atoms with van der Waals surface area (Å²) in [6.45, 7) is 0.996. The van der Waals surface area contributed by atoms with Crippen molar-refractivity contribution in [3.05, 3.63) is 0 Å². The average Bonchev–Trinajstić information content (AvgIpc) is 2.43. The quantitative estimate of drug-likeness (QED) is 0.692. The summed E-state index contributed by atoms with van der Waals surface area (Å²) in [5.41, 5.74) is 0. The fourth-order valence-corrected chi connectivity index (χ4v) is 3.20. The van der Waals surface area contributed by atoms with Gasteiger partial charge in [-0.05, 0) is 50.9 Å². The number of carbonyl (C=O) groups is 2. The molecule has 2 amide bonds. The molecule has 0 unspecified atom stereocenters. The lowest BCUT2D eigenvalue weighted by atomic mass is 9.82. The molecule has 2 aliphatic rings. The second kappa shape index (κ2) is 7.64. The zero-order valence-electron chi connectivity index (χ0n) is 12.5. The monoisotopic (exact) mass is 298 g/mol. The molecule has 0 atom stereocenters. The molecule has 0 aliphatic heterocycles. The molecule has 120 valence electrons. The third-order valence-electron chi connectivity index (χ3n) is 4.86. The van der Waals surface area contributed by atoms with Gasteiger partial charge in [-0.25, -0.2) is 4.79 Å². The molecule has 6 heteroatoms. The van der Waals surface area contributed by atoms with E-state index in [0.29, 0.717) is 31.8 Å². The topological polar surface area (TPSA) is 89.9 Å². The van der Waals surface area contributed by atoms with Crippen LogP contribution in [0.2, 0.25) is 0 Å². The maximum atomic E-state index is 12.2. The first-order valence-electron chi connectivity index (χ1n) is 8.00. The molecule has 0 aromatic rings. The highest BCUT2D eigenvalue weighted by atomic mass is 16.4. The minimum atomic E-state index is -0.698. The molecule has 2 rings (SSSR count). The smallest absolute Gasteiger partial charge is 0.317 e. The van der Waals surface area contributed by atoms with Crippen molar-refractivity contribution in [2.75, 3.05) is 19.7 Å². The first-order valence-corrected chi connectivity index (χ1v) is 8.00. The molecule has 0 aromatic carbocycles. The molecule has 2 saturated carbocycles. The second-order valence-corrected chi connectivity index (χ2v) is 6.24. The Morgan fingerprint density at radius 3 is 2.24 bits per heavy atom. The summed E-state index contributed by atoms with van der Waals surface area (Å²) in [5, 5.41) is 21.0. The van der Waals surface area contributed by atoms with E-state index in [4.69, 9.17) is 10.2 Å². The van der Waals surface area contributed by atoms with Gasteiger partial charge in [-0.2, -0.15) is 0 Å². The van der Waals surface area contributed by atoms with Crippen LogP contribution in [-0.4, -0.2) is 52.9 Å². The number of urea groups is 1. The number of carboxylic acid groups (broad SMARTS) is 1. The number of carboxylic acids is 1. The molecule has 0 saturated heterocycles. The van der Waals surface area contributed by atoms with E-state index in [1.54, 1.807) is 4.90 Å². The van der Waals surface area contributed by atoms with Crippen molar-refractivity contribution in [2.24, 2.45) is 11.8 Å². The van der Waals surface area contributed by atoms with E-state index >= 15 is 0 Å². The number of hydrogen-bond acceptors (Lipinski definition) is 3. The summed E-state index contributed by atoms with van der Waals surface area (Å²) < 4.78 is 0. The van der Waals surface area contributed by atoms with Crippen LogP contribution in [0.4, 0.5) is 4.79 Å². The number of aliphatic hydroxyl groups excluding tert-OH is 1. The summed E-state index contributed by atoms with van der Waals surface area (Å²) in [6, 6.07) is 0.189. The van der Waals surface area contributed by atoms with Crippen molar-refractivity contribution in [2.45, 2.75) is 51.0 Å². The van der Waals surface area contributed by atoms with Crippen LogP contribution in [0.5, 0.6) is 0 Å². The molecular formula is C15H26N2O4. The van der Waals surface area contributed by atoms with Crippen LogP contribution in [0.25, 0.3) is 0 Å². The van der Waals surface area contributed by atoms with E-state index in [1.807, 2.05) is 0 Å². The molecule has 0 bridgehead atoms. The first-order chi connectivity index (χ1) is 10.1. The van der Waals surface area contributed by atoms with Gasteiger partial charge in [0.1, 0.15) is 0 Å². The highest BCUT2D eigenvalue weighted by molar-refractivity contribution is 5.74. The molecule has 6 nitrogen and oxygen atoms in total. The van der Waals surface area contributed by atoms with Crippen LogP contribution in [0.1, 0.15) is 44.9 Å². The van der Waals surface area contributed by atoms with Crippen molar-refractivity contribution < 1.29 is 19.8 Å². The molecule has 0 heterocycles. The number of amides is 2. The maximum Gasteiger partial charge on any atom is 0.317 e. The molecular weight excluding hydrogens is 272 g/mol. The van der Waals surface area contributed by atoms with Crippen LogP contribution in [0, 0.1) is 11.8 Å². The largest absolute Gasteiger partial charge is 0.481 e. The zero-order valence-corrected chi connectivity index (χ0v) is 12.5. The fourth-order valence-electron chi connectivity index (χ4n) is 3.20. The third kappa shape index (κ3) is 4.33. The van der Waals surface area contributed by atoms with Gasteiger partial charge in [0.2, 0.25) is 0 Å². The van der Waals surface area contributed by atoms with E-state index < -0.39 is 5.97 Å². The number of rotatable bonds is 6. The van der Waals surface area contributed by atoms with Crippen molar-refractivity contribution in [1.82, 2.24) is 10.2 Å². The Morgan fingerprint density at radius 2 is 1.76 bits per heavy atom. The molecule has 0 spiro atoms. The van der Waals surface area contributed by atoms with Gasteiger partial charge in [0.15, 0.2) is 0 Å². The van der Waals surface area contributed by atoms with Crippen molar-refractivity contribution in [3.63, 3.8) is 0 Å². The van der Waals surface area contributed by atoms with Gasteiger partial charge < -0.3 is 20.4 Å². The SMILES string of the molecule is O=C(O)C1CCC(CNC(=O)N(CCO)C2CCC2)CC1. The molecule has 0 aromatic heterocycles. The molecule has 2 aliphatic carbocycles. The van der Waals surface area contributed by atoms with Gasteiger partial charge in [-0.1, -0.05) is 0 Å². The molecule has 0 radical (unpaired) electrons. The van der Waals surface area contributed by atoms with Gasteiger partial charge in [0, 0.05) is 19.1 Å². The Kier molecular flexibility index (Phi) is 5.85. The van der Waals surface area contributed by atoms with E-state index in [9.17, 15) is 9.59 Å². The highest BCUT2D eigenvalue weighted by Crippen LogP contribution is 2.29. The number of hydrogen-bond donors (Lipinski definition) is 3. The Morgan fingerprint density at radius 1 is 1.10 bits per heavy atom. The number of aliphatic hydroxyl groups is 1. The second-order valence-electron chi connectivity index (χ2n) is 6.24. The Hall–Kier alpha value is -1.30. The van der Waals surface area contributed by atoms with Crippen LogP contribution in [0.15, 0.2) is 0 Å². The predicted octanol–water partition coefficient (Wildman–Crippen LogP) is 1.43. The lowest BCUT2D eigenvalue weighted by Crippen LogP contribution is -2.51. The summed E-state index contributed by atoms with van der Waals surface area (Å²) in [4.78, 5) is 24.8. The van der Waals surface area contributed by atoms with Gasteiger partial charge >= 0.3 is 12.0 Å². The normalized spacial score (nSPS) is 26.0. The molecule has 3 N–H and O–H groups in total. The predicted molar refractivity (Wildman–Crippen MR) is 77.9 cm³/mol. The van der Waals surface area contributed by atoms with E-state index in [2.05, 4.69) is 5.32 Å². The summed E-state index contributed by atoms with van der Waals surface area (Å²) in [6.07, 6.45) is 6.34. The Balaban J connectivity index is 1.71. The first kappa shape index (κ1) is 16.1. The average molecular weight is 298 g/mol. The van der Waals surface area contributed by atoms with Crippen LogP contribution < -0.4 is 5.32 Å². The number of carbonyl (C=O) groups excluding carboxylic acids is 1. The summed E-state index contributed by atoms with van der Waals surface area (Å²) >= 11 is 0. The standard InChI is InChI=1S/C15H26N2O4/c18-9-8-17(13-2-1-3-13)15(21)16-10-11-4-6-12(7-5-11)14(19)20/h11-13,18H,1-10H2,(H,16,21)(H,19,20). The van der Waals surface area contributed by atoms with E-state index in [1.165, 1.54) is 0 Å². The van der Waals surface area contributed by atoms with Gasteiger partial charge in [0.25, 0.3) is 0 Å². The van der Waals surface area contributed by atoms with Gasteiger partial charge in [-0.15, -0.1) is 0 Å². The number of aliphatic carboxylic acids is 1. The lowest BCUT2D eigenvalue weighted by Gasteiger charge is -2.37. The summed E-state index contributed by atoms with van der Waals surface area (Å²) in [5.74, 6) is -0.531. The van der Waals surface area contributed by atoms with Crippen LogP contribution in [-0.2, 0) is 4.79 Å². The zero-order chi connectivity index (χ0) is 15.2. The number of nitrogens with zero attached hydrogens (tertiary/aromatic N) is 1. The summed E-state index contributed by atoms with van der Waals surface area (Å²) in [7, 11) is 0. The van der Waals surface area contributed by atoms with Crippen molar-refractivity contribution in [1.29, 1.82) is 0 Å². The maximum absolute atomic E-state index is 12.2. The van der Waals surface area contributed by atoms with Crippen LogP contribution >= 0.6 is 0 Å². The van der Waals surface area contributed by atoms with Gasteiger partial charge in [0.05, 0.1) is 12.5 Å². The minimum Gasteiger partial charge on any atom is -0.481 e. The van der Waals surface area contributed by atoms with Gasteiger partial charge in [-0.3, -0.25) is 4.79 Å². The molecule has 2 fully saturated rings. The van der Waals surface area contributed by atoms with Crippen molar-refractivity contribution in [3.8, 4) is 0 Å². The fraction of sp³-hybridized carbons (Fsp3) is 0.867. The Labute approximate surface area is 125 Å². The van der Waals surface area contributed by atoms with Crippen LogP contribution in [0.3, 0.4) is 0 Å². The minimum absolute atomic E-state index is 0.00631. The van der Waals surface area contributed by atoms with E-state index in [0.717, 1.165) is 32.1 Å². The highest BCUT2D eigenvalue weighted by Gasteiger charge is 2.30. The van der Waals surface area contributed by atoms with Crippen molar-refractivity contribution >= 4 is 12.0 Å². The van der Waals surface area contributed by atoms with E-state index in [-0.39, 0.29) is 24.6 Å².